The van der Waals surface area contributed by atoms with Crippen LogP contribution in [0.1, 0.15) is 5.56 Å². The molecule has 2 rings (SSSR count). The van der Waals surface area contributed by atoms with Crippen LogP contribution in [-0.4, -0.2) is 5.04 Å². The molecule has 78 valence electrons. The van der Waals surface area contributed by atoms with Crippen molar-refractivity contribution in [1.82, 2.24) is 0 Å². The Bertz CT molecular complexity index is 535. The summed E-state index contributed by atoms with van der Waals surface area (Å²) in [5, 5.41) is 16.6. The van der Waals surface area contributed by atoms with Gasteiger partial charge in [0, 0.05) is 4.91 Å². The van der Waals surface area contributed by atoms with Gasteiger partial charge in [-0.15, -0.1) is 0 Å². The van der Waals surface area contributed by atoms with Crippen LogP contribution in [0, 0.1) is 16.7 Å². The monoisotopic (exact) mass is 227 g/mol. The topological polar surface area (TPSA) is 73.7 Å². The van der Waals surface area contributed by atoms with Gasteiger partial charge in [-0.2, -0.15) is 5.26 Å². The van der Waals surface area contributed by atoms with Crippen molar-refractivity contribution >= 4 is 22.9 Å². The first-order chi connectivity index (χ1) is 7.72. The van der Waals surface area contributed by atoms with Crippen molar-refractivity contribution in [2.45, 2.75) is 0 Å². The molecular weight excluding hydrogens is 218 g/mol. The fraction of sp³-hybridized carbons (Fsp3) is 0. The maximum atomic E-state index is 8.82. The lowest BCUT2D eigenvalue weighted by atomic mass is 10.1. The van der Waals surface area contributed by atoms with Gasteiger partial charge in [0.2, 0.25) is 0 Å². The molecule has 1 aliphatic heterocycles. The minimum atomic E-state index is 0.224. The van der Waals surface area contributed by atoms with Crippen LogP contribution in [0.25, 0.3) is 6.08 Å². The standard InChI is InChI=1S/C12H9N3S/c13-7-9-11(14)10(16-12(9)15)6-8-4-2-1-3-5-8/h1-6,15H,14H2. The summed E-state index contributed by atoms with van der Waals surface area (Å²) in [6, 6.07) is 11.7. The summed E-state index contributed by atoms with van der Waals surface area (Å²) in [5.74, 6) is 0. The number of nitrogens with zero attached hydrogens (tertiary/aromatic N) is 1. The molecule has 3 N–H and O–H groups in total. The zero-order chi connectivity index (χ0) is 11.5. The first-order valence-corrected chi connectivity index (χ1v) is 5.48. The minimum absolute atomic E-state index is 0.224. The number of benzene rings is 1. The first kappa shape index (κ1) is 10.5. The molecule has 0 fully saturated rings. The van der Waals surface area contributed by atoms with Gasteiger partial charge in [0.15, 0.2) is 0 Å². The maximum Gasteiger partial charge on any atom is 0.112 e. The summed E-state index contributed by atoms with van der Waals surface area (Å²) in [6.45, 7) is 0. The van der Waals surface area contributed by atoms with Crippen LogP contribution in [0.2, 0.25) is 0 Å². The van der Waals surface area contributed by atoms with E-state index in [1.807, 2.05) is 42.5 Å². The summed E-state index contributed by atoms with van der Waals surface area (Å²) >= 11 is 1.22. The van der Waals surface area contributed by atoms with Gasteiger partial charge in [-0.25, -0.2) is 0 Å². The molecule has 1 aromatic carbocycles. The van der Waals surface area contributed by atoms with Crippen molar-refractivity contribution in [3.05, 3.63) is 52.1 Å². The number of rotatable bonds is 1. The second-order valence-electron chi connectivity index (χ2n) is 3.25. The van der Waals surface area contributed by atoms with E-state index in [0.29, 0.717) is 5.70 Å². The molecule has 0 atom stereocenters. The number of hydrogen-bond donors (Lipinski definition) is 2. The van der Waals surface area contributed by atoms with E-state index in [2.05, 4.69) is 0 Å². The van der Waals surface area contributed by atoms with E-state index < -0.39 is 0 Å². The van der Waals surface area contributed by atoms with Crippen LogP contribution < -0.4 is 5.73 Å². The summed E-state index contributed by atoms with van der Waals surface area (Å²) in [7, 11) is 0. The maximum absolute atomic E-state index is 8.82. The van der Waals surface area contributed by atoms with Crippen molar-refractivity contribution in [1.29, 1.82) is 10.7 Å². The number of nitriles is 1. The molecule has 0 saturated heterocycles. The van der Waals surface area contributed by atoms with Gasteiger partial charge in [0.25, 0.3) is 0 Å². The Morgan fingerprint density at radius 3 is 2.56 bits per heavy atom. The molecule has 0 bridgehead atoms. The summed E-state index contributed by atoms with van der Waals surface area (Å²) in [4.78, 5) is 0.771. The molecule has 0 amide bonds. The Morgan fingerprint density at radius 2 is 2.00 bits per heavy atom. The lowest BCUT2D eigenvalue weighted by Crippen LogP contribution is -1.98. The van der Waals surface area contributed by atoms with Gasteiger partial charge in [0.1, 0.15) is 16.7 Å². The Morgan fingerprint density at radius 1 is 1.31 bits per heavy atom. The number of nitrogens with two attached hydrogens (primary N) is 1. The lowest BCUT2D eigenvalue weighted by Gasteiger charge is -1.97. The molecule has 0 unspecified atom stereocenters. The van der Waals surface area contributed by atoms with Crippen molar-refractivity contribution in [3.8, 4) is 6.07 Å². The third kappa shape index (κ3) is 1.86. The quantitative estimate of drug-likeness (QED) is 0.774. The van der Waals surface area contributed by atoms with Crippen molar-refractivity contribution < 1.29 is 0 Å². The summed E-state index contributed by atoms with van der Waals surface area (Å²) in [5.41, 5.74) is 7.49. The van der Waals surface area contributed by atoms with E-state index in [1.54, 1.807) is 0 Å². The average Bonchev–Trinajstić information content (AvgIpc) is 2.55. The third-order valence-electron chi connectivity index (χ3n) is 2.18. The molecule has 3 nitrogen and oxygen atoms in total. The molecule has 1 aromatic rings. The normalized spacial score (nSPS) is 17.9. The number of thioether (sulfide) groups is 1. The zero-order valence-corrected chi connectivity index (χ0v) is 9.21. The van der Waals surface area contributed by atoms with Crippen LogP contribution >= 0.6 is 11.8 Å². The largest absolute Gasteiger partial charge is 0.397 e. The Labute approximate surface area is 97.8 Å². The predicted octanol–water partition coefficient (Wildman–Crippen LogP) is 2.49. The summed E-state index contributed by atoms with van der Waals surface area (Å²) < 4.78 is 0. The molecule has 16 heavy (non-hydrogen) atoms. The second kappa shape index (κ2) is 4.25. The van der Waals surface area contributed by atoms with Crippen molar-refractivity contribution in [2.75, 3.05) is 0 Å². The molecule has 0 radical (unpaired) electrons. The van der Waals surface area contributed by atoms with Gasteiger partial charge in [-0.1, -0.05) is 42.1 Å². The molecule has 0 aliphatic carbocycles. The average molecular weight is 227 g/mol. The highest BCUT2D eigenvalue weighted by molar-refractivity contribution is 8.18. The van der Waals surface area contributed by atoms with Gasteiger partial charge < -0.3 is 5.73 Å². The van der Waals surface area contributed by atoms with E-state index in [0.717, 1.165) is 10.5 Å². The fourth-order valence-corrected chi connectivity index (χ4v) is 2.26. The van der Waals surface area contributed by atoms with Gasteiger partial charge in [0.05, 0.1) is 5.70 Å². The highest BCUT2D eigenvalue weighted by atomic mass is 32.2. The van der Waals surface area contributed by atoms with E-state index in [1.165, 1.54) is 11.8 Å². The first-order valence-electron chi connectivity index (χ1n) is 4.66. The highest BCUT2D eigenvalue weighted by Crippen LogP contribution is 2.35. The van der Waals surface area contributed by atoms with Crippen molar-refractivity contribution in [2.24, 2.45) is 5.73 Å². The van der Waals surface area contributed by atoms with Crippen LogP contribution in [0.3, 0.4) is 0 Å². The molecule has 0 aromatic heterocycles. The van der Waals surface area contributed by atoms with Crippen LogP contribution in [0.5, 0.6) is 0 Å². The molecular formula is C12H9N3S. The lowest BCUT2D eigenvalue weighted by molar-refractivity contribution is 1.38. The second-order valence-corrected chi connectivity index (χ2v) is 4.30. The third-order valence-corrected chi connectivity index (χ3v) is 3.15. The molecule has 4 heteroatoms. The summed E-state index contributed by atoms with van der Waals surface area (Å²) in [6.07, 6.45) is 1.89. The Balaban J connectivity index is 2.40. The van der Waals surface area contributed by atoms with Gasteiger partial charge in [-0.3, -0.25) is 5.41 Å². The zero-order valence-electron chi connectivity index (χ0n) is 8.40. The molecule has 1 heterocycles. The minimum Gasteiger partial charge on any atom is -0.397 e. The number of nitrogens with one attached hydrogen (secondary N) is 1. The van der Waals surface area contributed by atoms with Crippen LogP contribution in [0.15, 0.2) is 46.5 Å². The van der Waals surface area contributed by atoms with Crippen LogP contribution in [-0.2, 0) is 0 Å². The van der Waals surface area contributed by atoms with E-state index in [4.69, 9.17) is 16.4 Å². The SMILES string of the molecule is N#CC1=C(N)C(=Cc2ccccc2)SC1=N. The Kier molecular flexibility index (Phi) is 2.80. The molecule has 0 saturated carbocycles. The van der Waals surface area contributed by atoms with Crippen LogP contribution in [0.4, 0.5) is 0 Å². The van der Waals surface area contributed by atoms with Gasteiger partial charge in [-0.05, 0) is 11.6 Å². The number of hydrogen-bond acceptors (Lipinski definition) is 4. The van der Waals surface area contributed by atoms with E-state index in [-0.39, 0.29) is 10.6 Å². The van der Waals surface area contributed by atoms with Gasteiger partial charge >= 0.3 is 0 Å². The smallest absolute Gasteiger partial charge is 0.112 e. The molecule has 1 aliphatic rings. The Hall–Kier alpha value is -1.99. The van der Waals surface area contributed by atoms with E-state index in [9.17, 15) is 0 Å². The van der Waals surface area contributed by atoms with E-state index >= 15 is 0 Å². The van der Waals surface area contributed by atoms with Crippen molar-refractivity contribution in [3.63, 3.8) is 0 Å². The highest BCUT2D eigenvalue weighted by Gasteiger charge is 2.23. The fourth-order valence-electron chi connectivity index (χ4n) is 1.38. The molecule has 0 spiro atoms. The predicted molar refractivity (Wildman–Crippen MR) is 66.6 cm³/mol.